The zero-order valence-electron chi connectivity index (χ0n) is 11.3. The van der Waals surface area contributed by atoms with Crippen molar-refractivity contribution in [2.75, 3.05) is 0 Å². The van der Waals surface area contributed by atoms with Gasteiger partial charge in [0.2, 0.25) is 11.7 Å². The molecule has 5 heteroatoms. The zero-order valence-corrected chi connectivity index (χ0v) is 11.3. The highest BCUT2D eigenvalue weighted by Gasteiger charge is 2.07. The van der Waals surface area contributed by atoms with Crippen LogP contribution in [0.25, 0.3) is 0 Å². The molecule has 102 valence electrons. The number of nitrogens with one attached hydrogen (secondary N) is 1. The summed E-state index contributed by atoms with van der Waals surface area (Å²) in [6.45, 7) is 5.16. The van der Waals surface area contributed by atoms with Crippen LogP contribution in [0.1, 0.15) is 32.0 Å². The van der Waals surface area contributed by atoms with E-state index in [2.05, 4.69) is 29.3 Å². The van der Waals surface area contributed by atoms with E-state index in [1.165, 1.54) is 0 Å². The molecular weight excluding hydrogens is 242 g/mol. The molecule has 0 aliphatic rings. The fourth-order valence-electron chi connectivity index (χ4n) is 1.49. The second kappa shape index (κ2) is 6.89. The van der Waals surface area contributed by atoms with Crippen molar-refractivity contribution in [3.8, 4) is 5.75 Å². The molecule has 1 aromatic carbocycles. The highest BCUT2D eigenvalue weighted by Crippen LogP contribution is 2.10. The Kier molecular flexibility index (Phi) is 4.92. The van der Waals surface area contributed by atoms with Crippen LogP contribution in [0.2, 0.25) is 0 Å². The number of rotatable bonds is 7. The molecule has 0 bridgehead atoms. The summed E-state index contributed by atoms with van der Waals surface area (Å²) in [4.78, 5) is 4.27. The third kappa shape index (κ3) is 4.37. The molecule has 1 atom stereocenters. The van der Waals surface area contributed by atoms with Gasteiger partial charge in [-0.25, -0.2) is 0 Å². The molecule has 0 fully saturated rings. The van der Waals surface area contributed by atoms with E-state index in [9.17, 15) is 0 Å². The fraction of sp³-hybridized carbons (Fsp3) is 0.429. The van der Waals surface area contributed by atoms with Gasteiger partial charge in [-0.2, -0.15) is 4.98 Å². The van der Waals surface area contributed by atoms with Crippen LogP contribution >= 0.6 is 0 Å². The topological polar surface area (TPSA) is 60.2 Å². The summed E-state index contributed by atoms with van der Waals surface area (Å²) < 4.78 is 10.7. The Morgan fingerprint density at radius 2 is 2.11 bits per heavy atom. The second-order valence-electron chi connectivity index (χ2n) is 4.40. The highest BCUT2D eigenvalue weighted by atomic mass is 16.5. The predicted molar refractivity (Wildman–Crippen MR) is 71.7 cm³/mol. The lowest BCUT2D eigenvalue weighted by atomic mass is 10.3. The lowest BCUT2D eigenvalue weighted by molar-refractivity contribution is 0.284. The largest absolute Gasteiger partial charge is 0.485 e. The lowest BCUT2D eigenvalue weighted by Crippen LogP contribution is -2.24. The van der Waals surface area contributed by atoms with E-state index < -0.39 is 0 Å². The minimum absolute atomic E-state index is 0.316. The normalized spacial score (nSPS) is 12.3. The number of para-hydroxylation sites is 1. The van der Waals surface area contributed by atoms with Gasteiger partial charge in [0, 0.05) is 6.04 Å². The molecule has 0 aliphatic carbocycles. The second-order valence-corrected chi connectivity index (χ2v) is 4.40. The maximum atomic E-state index is 5.55. The first-order valence-corrected chi connectivity index (χ1v) is 6.50. The van der Waals surface area contributed by atoms with Gasteiger partial charge in [0.1, 0.15) is 5.75 Å². The Morgan fingerprint density at radius 3 is 2.84 bits per heavy atom. The first-order valence-electron chi connectivity index (χ1n) is 6.50. The highest BCUT2D eigenvalue weighted by molar-refractivity contribution is 5.20. The summed E-state index contributed by atoms with van der Waals surface area (Å²) >= 11 is 0. The first-order chi connectivity index (χ1) is 9.28. The maximum Gasteiger partial charge on any atom is 0.240 e. The van der Waals surface area contributed by atoms with Gasteiger partial charge in [-0.3, -0.25) is 0 Å². The molecular formula is C14H19N3O2. The van der Waals surface area contributed by atoms with Crippen molar-refractivity contribution >= 4 is 0 Å². The van der Waals surface area contributed by atoms with E-state index in [1.54, 1.807) is 0 Å². The number of aromatic nitrogens is 2. The van der Waals surface area contributed by atoms with Crippen LogP contribution in [0.5, 0.6) is 5.75 Å². The summed E-state index contributed by atoms with van der Waals surface area (Å²) in [7, 11) is 0. The first kappa shape index (κ1) is 13.5. The van der Waals surface area contributed by atoms with Crippen molar-refractivity contribution in [3.05, 3.63) is 42.0 Å². The molecule has 0 saturated carbocycles. The van der Waals surface area contributed by atoms with Crippen LogP contribution < -0.4 is 10.1 Å². The van der Waals surface area contributed by atoms with E-state index in [1.807, 2.05) is 30.3 Å². The van der Waals surface area contributed by atoms with Gasteiger partial charge in [0.05, 0.1) is 6.54 Å². The van der Waals surface area contributed by atoms with Crippen molar-refractivity contribution in [2.24, 2.45) is 0 Å². The number of ether oxygens (including phenoxy) is 1. The van der Waals surface area contributed by atoms with Crippen LogP contribution in [0.3, 0.4) is 0 Å². The minimum Gasteiger partial charge on any atom is -0.485 e. The molecule has 0 spiro atoms. The molecule has 1 N–H and O–H groups in total. The van der Waals surface area contributed by atoms with Gasteiger partial charge in [-0.15, -0.1) is 0 Å². The Morgan fingerprint density at radius 1 is 1.32 bits per heavy atom. The van der Waals surface area contributed by atoms with Crippen LogP contribution in [0, 0.1) is 0 Å². The number of hydrogen-bond acceptors (Lipinski definition) is 5. The molecule has 0 aliphatic heterocycles. The van der Waals surface area contributed by atoms with E-state index in [0.717, 1.165) is 12.2 Å². The van der Waals surface area contributed by atoms with Crippen molar-refractivity contribution < 1.29 is 9.26 Å². The lowest BCUT2D eigenvalue weighted by Gasteiger charge is -2.07. The van der Waals surface area contributed by atoms with Crippen LogP contribution in [-0.2, 0) is 13.2 Å². The molecule has 5 nitrogen and oxygen atoms in total. The smallest absolute Gasteiger partial charge is 0.240 e. The number of nitrogens with zero attached hydrogens (tertiary/aromatic N) is 2. The van der Waals surface area contributed by atoms with Crippen molar-refractivity contribution in [2.45, 2.75) is 39.5 Å². The quantitative estimate of drug-likeness (QED) is 0.830. The summed E-state index contributed by atoms with van der Waals surface area (Å²) in [5.41, 5.74) is 0. The summed E-state index contributed by atoms with van der Waals surface area (Å²) in [6.07, 6.45) is 1.07. The Bertz CT molecular complexity index is 484. The van der Waals surface area contributed by atoms with Crippen LogP contribution in [-0.4, -0.2) is 16.2 Å². The van der Waals surface area contributed by atoms with Gasteiger partial charge in [0.25, 0.3) is 0 Å². The van der Waals surface area contributed by atoms with Crippen molar-refractivity contribution in [1.29, 1.82) is 0 Å². The van der Waals surface area contributed by atoms with E-state index >= 15 is 0 Å². The van der Waals surface area contributed by atoms with Crippen LogP contribution in [0.4, 0.5) is 0 Å². The third-order valence-corrected chi connectivity index (χ3v) is 2.84. The molecule has 0 amide bonds. The van der Waals surface area contributed by atoms with Crippen molar-refractivity contribution in [3.63, 3.8) is 0 Å². The molecule has 0 saturated heterocycles. The standard InChI is InChI=1S/C14H19N3O2/c1-3-11(2)15-9-14-16-13(17-19-14)10-18-12-7-5-4-6-8-12/h4-8,11,15H,3,9-10H2,1-2H3. The number of benzene rings is 1. The third-order valence-electron chi connectivity index (χ3n) is 2.84. The molecule has 0 radical (unpaired) electrons. The van der Waals surface area contributed by atoms with Gasteiger partial charge >= 0.3 is 0 Å². The summed E-state index contributed by atoms with van der Waals surface area (Å²) in [5.74, 6) is 1.95. The molecule has 1 unspecified atom stereocenters. The SMILES string of the molecule is CCC(C)NCc1nc(COc2ccccc2)no1. The van der Waals surface area contributed by atoms with E-state index in [-0.39, 0.29) is 0 Å². The Balaban J connectivity index is 1.81. The van der Waals surface area contributed by atoms with Gasteiger partial charge < -0.3 is 14.6 Å². The summed E-state index contributed by atoms with van der Waals surface area (Å²) in [6, 6.07) is 10.0. The van der Waals surface area contributed by atoms with E-state index in [0.29, 0.717) is 30.9 Å². The van der Waals surface area contributed by atoms with E-state index in [4.69, 9.17) is 9.26 Å². The van der Waals surface area contributed by atoms with Crippen LogP contribution in [0.15, 0.2) is 34.9 Å². The van der Waals surface area contributed by atoms with Gasteiger partial charge in [-0.1, -0.05) is 30.3 Å². The summed E-state index contributed by atoms with van der Waals surface area (Å²) in [5, 5.41) is 7.18. The molecule has 2 rings (SSSR count). The Hall–Kier alpha value is -1.88. The maximum absolute atomic E-state index is 5.55. The fourth-order valence-corrected chi connectivity index (χ4v) is 1.49. The van der Waals surface area contributed by atoms with Crippen molar-refractivity contribution in [1.82, 2.24) is 15.5 Å². The van der Waals surface area contributed by atoms with Gasteiger partial charge in [0.15, 0.2) is 6.61 Å². The monoisotopic (exact) mass is 261 g/mol. The van der Waals surface area contributed by atoms with Gasteiger partial charge in [-0.05, 0) is 25.5 Å². The average Bonchev–Trinajstić information content (AvgIpc) is 2.91. The Labute approximate surface area is 113 Å². The molecule has 1 heterocycles. The number of hydrogen-bond donors (Lipinski definition) is 1. The minimum atomic E-state index is 0.316. The molecule has 19 heavy (non-hydrogen) atoms. The zero-order chi connectivity index (χ0) is 13.5. The molecule has 2 aromatic rings. The molecule has 1 aromatic heterocycles. The predicted octanol–water partition coefficient (Wildman–Crippen LogP) is 2.54. The average molecular weight is 261 g/mol.